The van der Waals surface area contributed by atoms with Crippen molar-refractivity contribution in [1.82, 2.24) is 4.90 Å². The summed E-state index contributed by atoms with van der Waals surface area (Å²) in [5.74, 6) is -0.142. The molecule has 0 aromatic heterocycles. The Kier molecular flexibility index (Phi) is 3.88. The number of nitrogens with zero attached hydrogens (tertiary/aromatic N) is 1. The highest BCUT2D eigenvalue weighted by molar-refractivity contribution is 6.31. The topological polar surface area (TPSA) is 20.3 Å². The fraction of sp³-hybridized carbons (Fsp3) is 0.381. The number of hydrogen-bond donors (Lipinski definition) is 0. The molecule has 1 aliphatic carbocycles. The van der Waals surface area contributed by atoms with Gasteiger partial charge in [-0.05, 0) is 53.6 Å². The fourth-order valence-corrected chi connectivity index (χ4v) is 4.82. The molecular formula is C21H21ClFNO. The number of carbonyl (C=O) groups is 1. The Labute approximate surface area is 152 Å². The van der Waals surface area contributed by atoms with E-state index in [1.807, 2.05) is 11.9 Å². The zero-order valence-electron chi connectivity index (χ0n) is 14.5. The number of rotatable bonds is 1. The van der Waals surface area contributed by atoms with Crippen molar-refractivity contribution in [2.24, 2.45) is 0 Å². The summed E-state index contributed by atoms with van der Waals surface area (Å²) in [6, 6.07) is 11.6. The SMILES string of the molecule is CN1C(=O)CC[C@]2(C)c3ccc(-c4ccc(F)c(Cl)c4)cc3CCC12. The van der Waals surface area contributed by atoms with E-state index in [0.717, 1.165) is 30.4 Å². The summed E-state index contributed by atoms with van der Waals surface area (Å²) in [6.07, 6.45) is 3.45. The first-order valence-electron chi connectivity index (χ1n) is 8.74. The molecule has 2 aromatic carbocycles. The predicted molar refractivity (Wildman–Crippen MR) is 98.3 cm³/mol. The van der Waals surface area contributed by atoms with E-state index < -0.39 is 5.82 Å². The second kappa shape index (κ2) is 5.84. The maximum absolute atomic E-state index is 13.4. The average Bonchev–Trinajstić information content (AvgIpc) is 2.60. The van der Waals surface area contributed by atoms with Crippen LogP contribution in [0.1, 0.15) is 37.3 Å². The van der Waals surface area contributed by atoms with Crippen LogP contribution in [0.2, 0.25) is 5.02 Å². The van der Waals surface area contributed by atoms with Gasteiger partial charge in [-0.25, -0.2) is 4.39 Å². The summed E-state index contributed by atoms with van der Waals surface area (Å²) in [5.41, 5.74) is 4.68. The van der Waals surface area contributed by atoms with Gasteiger partial charge in [-0.2, -0.15) is 0 Å². The van der Waals surface area contributed by atoms with Gasteiger partial charge in [0.25, 0.3) is 0 Å². The first-order chi connectivity index (χ1) is 11.9. The van der Waals surface area contributed by atoms with Gasteiger partial charge in [-0.15, -0.1) is 0 Å². The number of piperidine rings is 1. The highest BCUT2D eigenvalue weighted by Gasteiger charge is 2.46. The number of halogens is 2. The van der Waals surface area contributed by atoms with Crippen LogP contribution in [-0.2, 0) is 16.6 Å². The number of benzene rings is 2. The molecule has 1 amide bonds. The number of likely N-dealkylation sites (tertiary alicyclic amines) is 1. The summed E-state index contributed by atoms with van der Waals surface area (Å²) in [5, 5.41) is 0.148. The molecule has 1 unspecified atom stereocenters. The third-order valence-electron chi connectivity index (χ3n) is 6.12. The highest BCUT2D eigenvalue weighted by atomic mass is 35.5. The van der Waals surface area contributed by atoms with Crippen LogP contribution in [0.3, 0.4) is 0 Å². The van der Waals surface area contributed by atoms with E-state index in [0.29, 0.717) is 6.42 Å². The minimum atomic E-state index is -0.395. The van der Waals surface area contributed by atoms with E-state index in [1.165, 1.54) is 17.2 Å². The van der Waals surface area contributed by atoms with Crippen LogP contribution >= 0.6 is 11.6 Å². The lowest BCUT2D eigenvalue weighted by Gasteiger charge is -2.50. The smallest absolute Gasteiger partial charge is 0.222 e. The van der Waals surface area contributed by atoms with Crippen molar-refractivity contribution < 1.29 is 9.18 Å². The Balaban J connectivity index is 1.75. The number of hydrogen-bond acceptors (Lipinski definition) is 1. The van der Waals surface area contributed by atoms with Gasteiger partial charge in [0.05, 0.1) is 5.02 Å². The quantitative estimate of drug-likeness (QED) is 0.705. The van der Waals surface area contributed by atoms with Crippen LogP contribution in [-0.4, -0.2) is 23.9 Å². The van der Waals surface area contributed by atoms with E-state index >= 15 is 0 Å². The summed E-state index contributed by atoms with van der Waals surface area (Å²) in [7, 11) is 1.93. The lowest BCUT2D eigenvalue weighted by atomic mass is 9.63. The molecule has 4 rings (SSSR count). The Bertz CT molecular complexity index is 865. The molecule has 2 aromatic rings. The van der Waals surface area contributed by atoms with Gasteiger partial charge < -0.3 is 4.90 Å². The molecule has 1 heterocycles. The average molecular weight is 358 g/mol. The zero-order chi connectivity index (χ0) is 17.8. The Morgan fingerprint density at radius 1 is 1.16 bits per heavy atom. The zero-order valence-corrected chi connectivity index (χ0v) is 15.2. The predicted octanol–water partition coefficient (Wildman–Crippen LogP) is 4.97. The van der Waals surface area contributed by atoms with Crippen molar-refractivity contribution in [3.05, 3.63) is 58.4 Å². The monoisotopic (exact) mass is 357 g/mol. The molecule has 1 saturated heterocycles. The number of fused-ring (bicyclic) bond motifs is 3. The highest BCUT2D eigenvalue weighted by Crippen LogP contribution is 2.46. The molecule has 1 aliphatic heterocycles. The van der Waals surface area contributed by atoms with Crippen LogP contribution in [0.5, 0.6) is 0 Å². The maximum Gasteiger partial charge on any atom is 0.222 e. The van der Waals surface area contributed by atoms with Crippen LogP contribution < -0.4 is 0 Å². The lowest BCUT2D eigenvalue weighted by molar-refractivity contribution is -0.138. The number of carbonyl (C=O) groups excluding carboxylic acids is 1. The van der Waals surface area contributed by atoms with Gasteiger partial charge in [0.2, 0.25) is 5.91 Å². The molecule has 1 fully saturated rings. The van der Waals surface area contributed by atoms with Crippen molar-refractivity contribution in [2.75, 3.05) is 7.05 Å². The number of aryl methyl sites for hydroxylation is 1. The minimum absolute atomic E-state index is 0.00914. The Morgan fingerprint density at radius 2 is 1.88 bits per heavy atom. The molecular weight excluding hydrogens is 337 g/mol. The molecule has 2 atom stereocenters. The molecule has 0 spiro atoms. The van der Waals surface area contributed by atoms with E-state index in [2.05, 4.69) is 25.1 Å². The molecule has 0 bridgehead atoms. The van der Waals surface area contributed by atoms with E-state index in [1.54, 1.807) is 12.1 Å². The number of likely N-dealkylation sites (N-methyl/N-ethyl adjacent to an activating group) is 1. The van der Waals surface area contributed by atoms with Crippen LogP contribution in [0.4, 0.5) is 4.39 Å². The van der Waals surface area contributed by atoms with Crippen molar-refractivity contribution in [3.63, 3.8) is 0 Å². The van der Waals surface area contributed by atoms with Gasteiger partial charge in [0, 0.05) is 24.9 Å². The molecule has 2 aliphatic rings. The molecule has 2 nitrogen and oxygen atoms in total. The summed E-state index contributed by atoms with van der Waals surface area (Å²) in [6.45, 7) is 2.28. The number of amides is 1. The van der Waals surface area contributed by atoms with E-state index in [4.69, 9.17) is 11.6 Å². The first-order valence-corrected chi connectivity index (χ1v) is 9.12. The lowest BCUT2D eigenvalue weighted by Crippen LogP contribution is -2.56. The van der Waals surface area contributed by atoms with E-state index in [-0.39, 0.29) is 22.4 Å². The van der Waals surface area contributed by atoms with Crippen molar-refractivity contribution in [1.29, 1.82) is 0 Å². The van der Waals surface area contributed by atoms with Crippen molar-refractivity contribution >= 4 is 17.5 Å². The molecule has 4 heteroatoms. The van der Waals surface area contributed by atoms with Gasteiger partial charge >= 0.3 is 0 Å². The minimum Gasteiger partial charge on any atom is -0.342 e. The molecule has 25 heavy (non-hydrogen) atoms. The largest absolute Gasteiger partial charge is 0.342 e. The van der Waals surface area contributed by atoms with Crippen LogP contribution in [0, 0.1) is 5.82 Å². The first kappa shape index (κ1) is 16.6. The third-order valence-corrected chi connectivity index (χ3v) is 6.40. The molecule has 0 N–H and O–H groups in total. The Hall–Kier alpha value is -1.87. The normalized spacial score (nSPS) is 25.5. The van der Waals surface area contributed by atoms with E-state index in [9.17, 15) is 9.18 Å². The summed E-state index contributed by atoms with van der Waals surface area (Å²) in [4.78, 5) is 14.0. The Morgan fingerprint density at radius 3 is 2.64 bits per heavy atom. The van der Waals surface area contributed by atoms with Gasteiger partial charge in [-0.3, -0.25) is 4.79 Å². The van der Waals surface area contributed by atoms with Gasteiger partial charge in [-0.1, -0.05) is 42.8 Å². The summed E-state index contributed by atoms with van der Waals surface area (Å²) < 4.78 is 13.4. The molecule has 0 saturated carbocycles. The third kappa shape index (κ3) is 2.56. The molecule has 0 radical (unpaired) electrons. The second-order valence-electron chi connectivity index (χ2n) is 7.48. The standard InChI is InChI=1S/C21H21ClFNO/c1-21-10-9-20(25)24(2)19(21)8-5-15-11-13(3-6-16(15)21)14-4-7-18(23)17(22)12-14/h3-4,6-7,11-12,19H,5,8-10H2,1-2H3/t19?,21-/m1/s1. The van der Waals surface area contributed by atoms with Crippen molar-refractivity contribution in [3.8, 4) is 11.1 Å². The van der Waals surface area contributed by atoms with Crippen LogP contribution in [0.15, 0.2) is 36.4 Å². The summed E-state index contributed by atoms with van der Waals surface area (Å²) >= 11 is 5.94. The van der Waals surface area contributed by atoms with Crippen molar-refractivity contribution in [2.45, 2.75) is 44.1 Å². The van der Waals surface area contributed by atoms with Gasteiger partial charge in [0.15, 0.2) is 0 Å². The van der Waals surface area contributed by atoms with Gasteiger partial charge in [0.1, 0.15) is 5.82 Å². The second-order valence-corrected chi connectivity index (χ2v) is 7.88. The van der Waals surface area contributed by atoms with Crippen LogP contribution in [0.25, 0.3) is 11.1 Å². The molecule has 130 valence electrons. The fourth-order valence-electron chi connectivity index (χ4n) is 4.64. The maximum atomic E-state index is 13.4.